The van der Waals surface area contributed by atoms with E-state index in [9.17, 15) is 14.4 Å². The third kappa shape index (κ3) is 6.19. The molecule has 2 heterocycles. The Bertz CT molecular complexity index is 1010. The summed E-state index contributed by atoms with van der Waals surface area (Å²) in [5.41, 5.74) is 3.14. The molecule has 2 aromatic rings. The maximum absolute atomic E-state index is 12.8. The first-order valence-electron chi connectivity index (χ1n) is 11.3. The summed E-state index contributed by atoms with van der Waals surface area (Å²) in [5.74, 6) is -1.22. The fraction of sp³-hybridized carbons (Fsp3) is 0.458. The Morgan fingerprint density at radius 3 is 2.52 bits per heavy atom. The Labute approximate surface area is 197 Å². The number of carbonyl (C=O) groups is 3. The van der Waals surface area contributed by atoms with Crippen LogP contribution in [-0.2, 0) is 38.4 Å². The van der Waals surface area contributed by atoms with Crippen molar-refractivity contribution in [3.05, 3.63) is 45.8 Å². The van der Waals surface area contributed by atoms with Crippen molar-refractivity contribution in [1.82, 2.24) is 4.90 Å². The summed E-state index contributed by atoms with van der Waals surface area (Å²) >= 11 is 1.43. The van der Waals surface area contributed by atoms with Crippen molar-refractivity contribution >= 4 is 39.8 Å². The SMILES string of the molecule is CC(=O)Nc1sc2c(c1C(=O)OCC(=O)Nc1ccc(CN3CCOCC3)cc1)CCCC2. The van der Waals surface area contributed by atoms with Gasteiger partial charge in [0.2, 0.25) is 5.91 Å². The molecule has 33 heavy (non-hydrogen) atoms. The predicted molar refractivity (Wildman–Crippen MR) is 127 cm³/mol. The number of fused-ring (bicyclic) bond motifs is 1. The molecule has 0 unspecified atom stereocenters. The lowest BCUT2D eigenvalue weighted by Crippen LogP contribution is -2.35. The van der Waals surface area contributed by atoms with Crippen LogP contribution in [0.4, 0.5) is 10.7 Å². The van der Waals surface area contributed by atoms with Crippen LogP contribution in [-0.4, -0.2) is 55.6 Å². The Morgan fingerprint density at radius 1 is 1.06 bits per heavy atom. The summed E-state index contributed by atoms with van der Waals surface area (Å²) in [7, 11) is 0. The Kier molecular flexibility index (Phi) is 7.74. The normalized spacial score (nSPS) is 16.0. The summed E-state index contributed by atoms with van der Waals surface area (Å²) in [6.45, 7) is 5.21. The zero-order chi connectivity index (χ0) is 23.2. The van der Waals surface area contributed by atoms with E-state index in [-0.39, 0.29) is 5.91 Å². The summed E-state index contributed by atoms with van der Waals surface area (Å²) in [6.07, 6.45) is 3.72. The Morgan fingerprint density at radius 2 is 1.79 bits per heavy atom. The van der Waals surface area contributed by atoms with Gasteiger partial charge in [0.25, 0.3) is 5.91 Å². The molecule has 0 spiro atoms. The number of benzene rings is 1. The number of thiophene rings is 1. The van der Waals surface area contributed by atoms with Gasteiger partial charge in [0.05, 0.1) is 18.8 Å². The number of aryl methyl sites for hydroxylation is 1. The maximum atomic E-state index is 12.8. The van der Waals surface area contributed by atoms with Crippen LogP contribution in [0.25, 0.3) is 0 Å². The minimum atomic E-state index is -0.575. The zero-order valence-corrected chi connectivity index (χ0v) is 19.6. The molecule has 1 fully saturated rings. The van der Waals surface area contributed by atoms with Gasteiger partial charge in [0.15, 0.2) is 6.61 Å². The van der Waals surface area contributed by atoms with E-state index in [0.29, 0.717) is 16.3 Å². The number of amides is 2. The van der Waals surface area contributed by atoms with Crippen LogP contribution in [0.3, 0.4) is 0 Å². The molecule has 0 bridgehead atoms. The molecule has 2 N–H and O–H groups in total. The van der Waals surface area contributed by atoms with E-state index in [4.69, 9.17) is 9.47 Å². The average Bonchev–Trinajstić information content (AvgIpc) is 3.16. The zero-order valence-electron chi connectivity index (χ0n) is 18.8. The van der Waals surface area contributed by atoms with E-state index in [1.807, 2.05) is 24.3 Å². The Balaban J connectivity index is 1.32. The molecule has 1 saturated heterocycles. The smallest absolute Gasteiger partial charge is 0.341 e. The Hall–Kier alpha value is -2.75. The van der Waals surface area contributed by atoms with Gasteiger partial charge in [-0.25, -0.2) is 4.79 Å². The number of ether oxygens (including phenoxy) is 2. The van der Waals surface area contributed by atoms with Gasteiger partial charge < -0.3 is 20.1 Å². The lowest BCUT2D eigenvalue weighted by Gasteiger charge is -2.26. The minimum absolute atomic E-state index is 0.238. The fourth-order valence-electron chi connectivity index (χ4n) is 4.14. The largest absolute Gasteiger partial charge is 0.452 e. The second-order valence-electron chi connectivity index (χ2n) is 8.31. The molecule has 0 radical (unpaired) electrons. The molecule has 1 aliphatic heterocycles. The summed E-state index contributed by atoms with van der Waals surface area (Å²) in [5, 5.41) is 6.02. The second kappa shape index (κ2) is 10.9. The van der Waals surface area contributed by atoms with Crippen molar-refractivity contribution in [1.29, 1.82) is 0 Å². The van der Waals surface area contributed by atoms with E-state index in [1.54, 1.807) is 0 Å². The van der Waals surface area contributed by atoms with Crippen molar-refractivity contribution < 1.29 is 23.9 Å². The molecule has 176 valence electrons. The fourth-order valence-corrected chi connectivity index (χ4v) is 5.46. The highest BCUT2D eigenvalue weighted by atomic mass is 32.1. The van der Waals surface area contributed by atoms with E-state index in [2.05, 4.69) is 15.5 Å². The molecule has 4 rings (SSSR count). The molecule has 9 heteroatoms. The maximum Gasteiger partial charge on any atom is 0.341 e. The van der Waals surface area contributed by atoms with Crippen LogP contribution in [0.2, 0.25) is 0 Å². The molecule has 1 aromatic heterocycles. The molecule has 0 saturated carbocycles. The molecular weight excluding hydrogens is 442 g/mol. The standard InChI is InChI=1S/C24H29N3O5S/c1-16(28)25-23-22(19-4-2-3-5-20(19)33-23)24(30)32-15-21(29)26-18-8-6-17(7-9-18)14-27-10-12-31-13-11-27/h6-9H,2-5,10-15H2,1H3,(H,25,28)(H,26,29). The molecule has 1 aliphatic carbocycles. The summed E-state index contributed by atoms with van der Waals surface area (Å²) in [6, 6.07) is 7.65. The first kappa shape index (κ1) is 23.4. The van der Waals surface area contributed by atoms with Crippen LogP contribution in [0.15, 0.2) is 24.3 Å². The average molecular weight is 472 g/mol. The second-order valence-corrected chi connectivity index (χ2v) is 9.41. The monoisotopic (exact) mass is 471 g/mol. The van der Waals surface area contributed by atoms with Gasteiger partial charge in [-0.05, 0) is 48.9 Å². The van der Waals surface area contributed by atoms with Gasteiger partial charge in [-0.15, -0.1) is 11.3 Å². The molecular formula is C24H29N3O5S. The van der Waals surface area contributed by atoms with Crippen molar-refractivity contribution in [2.75, 3.05) is 43.5 Å². The number of esters is 1. The van der Waals surface area contributed by atoms with Crippen molar-refractivity contribution in [3.8, 4) is 0 Å². The van der Waals surface area contributed by atoms with Crippen LogP contribution in [0, 0.1) is 0 Å². The van der Waals surface area contributed by atoms with Gasteiger partial charge >= 0.3 is 5.97 Å². The third-order valence-electron chi connectivity index (χ3n) is 5.75. The highest BCUT2D eigenvalue weighted by Crippen LogP contribution is 2.38. The van der Waals surface area contributed by atoms with Gasteiger partial charge in [0.1, 0.15) is 5.00 Å². The number of carbonyl (C=O) groups excluding carboxylic acids is 3. The van der Waals surface area contributed by atoms with Crippen molar-refractivity contribution in [2.24, 2.45) is 0 Å². The topological polar surface area (TPSA) is 97.0 Å². The van der Waals surface area contributed by atoms with Crippen LogP contribution >= 0.6 is 11.3 Å². The lowest BCUT2D eigenvalue weighted by molar-refractivity contribution is -0.119. The molecule has 0 atom stereocenters. The van der Waals surface area contributed by atoms with E-state index < -0.39 is 18.5 Å². The first-order chi connectivity index (χ1) is 16.0. The third-order valence-corrected chi connectivity index (χ3v) is 6.95. The highest BCUT2D eigenvalue weighted by molar-refractivity contribution is 7.17. The van der Waals surface area contributed by atoms with E-state index in [0.717, 1.165) is 74.5 Å². The number of hydrogen-bond acceptors (Lipinski definition) is 7. The van der Waals surface area contributed by atoms with Gasteiger partial charge in [0, 0.05) is 37.1 Å². The number of anilines is 2. The molecule has 2 aliphatic rings. The number of rotatable bonds is 7. The molecule has 8 nitrogen and oxygen atoms in total. The van der Waals surface area contributed by atoms with Crippen LogP contribution in [0.1, 0.15) is 46.1 Å². The van der Waals surface area contributed by atoms with Gasteiger partial charge in [-0.2, -0.15) is 0 Å². The number of nitrogens with one attached hydrogen (secondary N) is 2. The lowest BCUT2D eigenvalue weighted by atomic mass is 9.95. The van der Waals surface area contributed by atoms with E-state index in [1.165, 1.54) is 18.3 Å². The summed E-state index contributed by atoms with van der Waals surface area (Å²) in [4.78, 5) is 40.2. The van der Waals surface area contributed by atoms with Gasteiger partial charge in [-0.3, -0.25) is 14.5 Å². The first-order valence-corrected chi connectivity index (χ1v) is 12.1. The van der Waals surface area contributed by atoms with Gasteiger partial charge in [-0.1, -0.05) is 12.1 Å². The van der Waals surface area contributed by atoms with Crippen molar-refractivity contribution in [2.45, 2.75) is 39.2 Å². The van der Waals surface area contributed by atoms with E-state index >= 15 is 0 Å². The quantitative estimate of drug-likeness (QED) is 0.602. The summed E-state index contributed by atoms with van der Waals surface area (Å²) < 4.78 is 10.7. The van der Waals surface area contributed by atoms with Crippen molar-refractivity contribution in [3.63, 3.8) is 0 Å². The number of hydrogen-bond donors (Lipinski definition) is 2. The minimum Gasteiger partial charge on any atom is -0.452 e. The van der Waals surface area contributed by atoms with Crippen LogP contribution in [0.5, 0.6) is 0 Å². The molecule has 1 aromatic carbocycles. The predicted octanol–water partition coefficient (Wildman–Crippen LogP) is 3.21. The molecule has 2 amide bonds. The number of morpholine rings is 1. The highest BCUT2D eigenvalue weighted by Gasteiger charge is 2.27. The number of nitrogens with zero attached hydrogens (tertiary/aromatic N) is 1. The van der Waals surface area contributed by atoms with Crippen LogP contribution < -0.4 is 10.6 Å².